The van der Waals surface area contributed by atoms with E-state index in [0.717, 1.165) is 24.8 Å². The maximum atomic E-state index is 12.0. The Hall–Kier alpha value is -0.580. The molecule has 2 atom stereocenters. The molecule has 0 aliphatic heterocycles. The summed E-state index contributed by atoms with van der Waals surface area (Å²) in [5.41, 5.74) is 0.918. The Morgan fingerprint density at radius 1 is 1.09 bits per heavy atom. The summed E-state index contributed by atoms with van der Waals surface area (Å²) in [5, 5.41) is 9.85. The maximum Gasteiger partial charge on any atom is 0.324 e. The summed E-state index contributed by atoms with van der Waals surface area (Å²) in [5.74, 6) is -0.531. The fraction of sp³-hybridized carbons (Fsp3) is 0.632. The Kier molecular flexibility index (Phi) is 9.06. The van der Waals surface area contributed by atoms with Gasteiger partial charge in [0.15, 0.2) is 0 Å². The summed E-state index contributed by atoms with van der Waals surface area (Å²) in [6.45, 7) is 4.34. The molecule has 0 saturated heterocycles. The van der Waals surface area contributed by atoms with Crippen LogP contribution in [0.5, 0.6) is 0 Å². The van der Waals surface area contributed by atoms with Gasteiger partial charge in [-0.05, 0) is 17.9 Å². The normalized spacial score (nSPS) is 15.2. The molecule has 0 heterocycles. The van der Waals surface area contributed by atoms with Crippen molar-refractivity contribution in [2.24, 2.45) is 5.92 Å². The lowest BCUT2D eigenvalue weighted by Crippen LogP contribution is -2.37. The summed E-state index contributed by atoms with van der Waals surface area (Å²) in [7, 11) is 0. The van der Waals surface area contributed by atoms with Crippen molar-refractivity contribution in [3.05, 3.63) is 35.9 Å². The van der Waals surface area contributed by atoms with Crippen molar-refractivity contribution in [2.45, 2.75) is 68.6 Å². The van der Waals surface area contributed by atoms with Crippen molar-refractivity contribution in [3.8, 4) is 0 Å². The van der Waals surface area contributed by atoms with E-state index in [0.29, 0.717) is 0 Å². The molecule has 2 nitrogen and oxygen atoms in total. The number of halogens is 1. The highest BCUT2D eigenvalue weighted by Gasteiger charge is 2.43. The van der Waals surface area contributed by atoms with Crippen LogP contribution in [0.25, 0.3) is 0 Å². The van der Waals surface area contributed by atoms with E-state index in [4.69, 9.17) is 0 Å². The van der Waals surface area contributed by atoms with Gasteiger partial charge in [0, 0.05) is 0 Å². The number of hydrogen-bond acceptors (Lipinski definition) is 1. The average Bonchev–Trinajstić information content (AvgIpc) is 2.54. The van der Waals surface area contributed by atoms with Gasteiger partial charge in [-0.15, -0.1) is 0 Å². The van der Waals surface area contributed by atoms with Gasteiger partial charge in [-0.3, -0.25) is 4.79 Å². The predicted molar refractivity (Wildman–Crippen MR) is 102 cm³/mol. The zero-order valence-corrected chi connectivity index (χ0v) is 16.0. The molecular weight excluding hydrogens is 387 g/mol. The minimum atomic E-state index is -0.808. The van der Waals surface area contributed by atoms with E-state index in [9.17, 15) is 9.90 Å². The molecular formula is C19H29IO2. The van der Waals surface area contributed by atoms with E-state index in [1.165, 1.54) is 32.1 Å². The number of benzene rings is 1. The molecule has 2 unspecified atom stereocenters. The lowest BCUT2D eigenvalue weighted by atomic mass is 9.81. The van der Waals surface area contributed by atoms with Gasteiger partial charge in [0.05, 0.1) is 0 Å². The summed E-state index contributed by atoms with van der Waals surface area (Å²) < 4.78 is -0.808. The largest absolute Gasteiger partial charge is 0.480 e. The molecule has 0 radical (unpaired) electrons. The third-order valence-corrected chi connectivity index (χ3v) is 6.43. The second kappa shape index (κ2) is 10.2. The fourth-order valence-corrected chi connectivity index (χ4v) is 4.18. The lowest BCUT2D eigenvalue weighted by molar-refractivity contribution is -0.141. The summed E-state index contributed by atoms with van der Waals surface area (Å²) in [4.78, 5) is 12.0. The van der Waals surface area contributed by atoms with E-state index in [1.807, 2.05) is 30.3 Å². The van der Waals surface area contributed by atoms with E-state index in [1.54, 1.807) is 0 Å². The van der Waals surface area contributed by atoms with Gasteiger partial charge >= 0.3 is 5.97 Å². The van der Waals surface area contributed by atoms with Crippen molar-refractivity contribution in [1.29, 1.82) is 0 Å². The van der Waals surface area contributed by atoms with Crippen molar-refractivity contribution in [1.82, 2.24) is 0 Å². The number of carboxylic acids is 1. The third kappa shape index (κ3) is 5.25. The number of carbonyl (C=O) groups is 1. The first kappa shape index (κ1) is 19.5. The van der Waals surface area contributed by atoms with Gasteiger partial charge < -0.3 is 5.11 Å². The number of alkyl halides is 1. The molecule has 1 rings (SSSR count). The van der Waals surface area contributed by atoms with Gasteiger partial charge in [-0.2, -0.15) is 0 Å². The molecule has 124 valence electrons. The molecule has 1 N–H and O–H groups in total. The van der Waals surface area contributed by atoms with E-state index < -0.39 is 9.39 Å². The van der Waals surface area contributed by atoms with E-state index in [2.05, 4.69) is 36.4 Å². The lowest BCUT2D eigenvalue weighted by Gasteiger charge is -2.32. The Morgan fingerprint density at radius 3 is 2.23 bits per heavy atom. The Bertz CT molecular complexity index is 432. The highest BCUT2D eigenvalue weighted by Crippen LogP contribution is 2.44. The zero-order chi connectivity index (χ0) is 16.4. The molecule has 1 aromatic carbocycles. The van der Waals surface area contributed by atoms with Crippen LogP contribution in [0.1, 0.15) is 70.8 Å². The van der Waals surface area contributed by atoms with Gasteiger partial charge in [0.2, 0.25) is 0 Å². The molecule has 0 aliphatic carbocycles. The Morgan fingerprint density at radius 2 is 1.68 bits per heavy atom. The standard InChI is InChI=1S/C19H29IO2/c1-3-5-6-7-8-10-13-16(4-2)19(20,18(21)22)17-14-11-9-12-15-17/h9,11-12,14-16H,3-8,10,13H2,1-2H3,(H,21,22). The first-order valence-electron chi connectivity index (χ1n) is 8.55. The number of rotatable bonds is 11. The van der Waals surface area contributed by atoms with E-state index >= 15 is 0 Å². The van der Waals surface area contributed by atoms with Crippen molar-refractivity contribution < 1.29 is 9.90 Å². The molecule has 1 aromatic rings. The Balaban J connectivity index is 2.69. The molecule has 0 fully saturated rings. The summed E-state index contributed by atoms with van der Waals surface area (Å²) in [6.07, 6.45) is 9.40. The second-order valence-corrected chi connectivity index (χ2v) is 7.75. The first-order valence-corrected chi connectivity index (χ1v) is 9.63. The molecule has 22 heavy (non-hydrogen) atoms. The van der Waals surface area contributed by atoms with Crippen LogP contribution < -0.4 is 0 Å². The highest BCUT2D eigenvalue weighted by molar-refractivity contribution is 14.1. The van der Waals surface area contributed by atoms with Crippen LogP contribution in [0.2, 0.25) is 0 Å². The molecule has 0 aliphatic rings. The summed E-state index contributed by atoms with van der Waals surface area (Å²) >= 11 is 2.17. The molecule has 0 bridgehead atoms. The molecule has 0 amide bonds. The minimum Gasteiger partial charge on any atom is -0.480 e. The minimum absolute atomic E-state index is 0.180. The maximum absolute atomic E-state index is 12.0. The van der Waals surface area contributed by atoms with Crippen molar-refractivity contribution in [3.63, 3.8) is 0 Å². The van der Waals surface area contributed by atoms with Crippen LogP contribution in [-0.4, -0.2) is 11.1 Å². The van der Waals surface area contributed by atoms with E-state index in [-0.39, 0.29) is 5.92 Å². The topological polar surface area (TPSA) is 37.3 Å². The fourth-order valence-electron chi connectivity index (χ4n) is 3.07. The molecule has 0 aromatic heterocycles. The number of carboxylic acid groups (broad SMARTS) is 1. The van der Waals surface area contributed by atoms with Gasteiger partial charge in [-0.1, -0.05) is 112 Å². The van der Waals surface area contributed by atoms with Gasteiger partial charge in [0.25, 0.3) is 0 Å². The quantitative estimate of drug-likeness (QED) is 0.266. The van der Waals surface area contributed by atoms with Crippen molar-refractivity contribution in [2.75, 3.05) is 0 Å². The van der Waals surface area contributed by atoms with Crippen LogP contribution in [0, 0.1) is 5.92 Å². The molecule has 3 heteroatoms. The van der Waals surface area contributed by atoms with Crippen LogP contribution in [0.4, 0.5) is 0 Å². The molecule has 0 spiro atoms. The smallest absolute Gasteiger partial charge is 0.324 e. The number of aliphatic carboxylic acids is 1. The van der Waals surface area contributed by atoms with Gasteiger partial charge in [0.1, 0.15) is 3.42 Å². The van der Waals surface area contributed by atoms with Crippen LogP contribution in [-0.2, 0) is 8.22 Å². The first-order chi connectivity index (χ1) is 10.6. The predicted octanol–water partition coefficient (Wildman–Crippen LogP) is 6.18. The second-order valence-electron chi connectivity index (χ2n) is 6.04. The summed E-state index contributed by atoms with van der Waals surface area (Å²) in [6, 6.07) is 9.71. The zero-order valence-electron chi connectivity index (χ0n) is 13.9. The van der Waals surface area contributed by atoms with Crippen LogP contribution >= 0.6 is 22.6 Å². The Labute approximate surface area is 148 Å². The molecule has 0 saturated carbocycles. The highest BCUT2D eigenvalue weighted by atomic mass is 127. The van der Waals surface area contributed by atoms with Crippen LogP contribution in [0.15, 0.2) is 30.3 Å². The SMILES string of the molecule is CCCCCCCCC(CC)C(I)(C(=O)O)c1ccccc1. The van der Waals surface area contributed by atoms with Gasteiger partial charge in [-0.25, -0.2) is 0 Å². The average molecular weight is 416 g/mol. The van der Waals surface area contributed by atoms with Crippen LogP contribution in [0.3, 0.4) is 0 Å². The number of unbranched alkanes of at least 4 members (excludes halogenated alkanes) is 5. The monoisotopic (exact) mass is 416 g/mol. The number of hydrogen-bond donors (Lipinski definition) is 1. The van der Waals surface area contributed by atoms with Crippen molar-refractivity contribution >= 4 is 28.6 Å². The third-order valence-electron chi connectivity index (χ3n) is 4.47.